The predicted molar refractivity (Wildman–Crippen MR) is 79.6 cm³/mol. The van der Waals surface area contributed by atoms with Crippen molar-refractivity contribution in [3.63, 3.8) is 0 Å². The molecule has 3 heteroatoms. The van der Waals surface area contributed by atoms with E-state index in [4.69, 9.17) is 5.73 Å². The van der Waals surface area contributed by atoms with E-state index in [1.54, 1.807) is 6.07 Å². The summed E-state index contributed by atoms with van der Waals surface area (Å²) in [6.45, 7) is 10.2. The lowest BCUT2D eigenvalue weighted by Gasteiger charge is -2.41. The number of hydrogen-bond acceptors (Lipinski definition) is 2. The van der Waals surface area contributed by atoms with E-state index in [2.05, 4.69) is 25.7 Å². The topological polar surface area (TPSA) is 29.3 Å². The molecule has 1 rings (SSSR count). The van der Waals surface area contributed by atoms with Crippen LogP contribution >= 0.6 is 0 Å². The molecule has 0 bridgehead atoms. The van der Waals surface area contributed by atoms with Gasteiger partial charge in [-0.3, -0.25) is 4.90 Å². The van der Waals surface area contributed by atoms with Crippen molar-refractivity contribution in [3.05, 3.63) is 35.6 Å². The van der Waals surface area contributed by atoms with Crippen LogP contribution in [0.4, 0.5) is 4.39 Å². The highest BCUT2D eigenvalue weighted by atomic mass is 19.1. The molecule has 0 fully saturated rings. The molecule has 0 saturated heterocycles. The smallest absolute Gasteiger partial charge is 0.128 e. The molecule has 0 amide bonds. The second kappa shape index (κ2) is 7.01. The Kier molecular flexibility index (Phi) is 5.95. The van der Waals surface area contributed by atoms with Crippen molar-refractivity contribution in [2.24, 2.45) is 5.73 Å². The van der Waals surface area contributed by atoms with E-state index >= 15 is 0 Å². The second-order valence-electron chi connectivity index (χ2n) is 5.29. The molecule has 2 unspecified atom stereocenters. The molecule has 0 heterocycles. The van der Waals surface area contributed by atoms with Gasteiger partial charge in [0.05, 0.1) is 5.54 Å². The van der Waals surface area contributed by atoms with Crippen LogP contribution in [-0.4, -0.2) is 24.0 Å². The van der Waals surface area contributed by atoms with E-state index in [9.17, 15) is 4.39 Å². The van der Waals surface area contributed by atoms with Gasteiger partial charge in [0.15, 0.2) is 0 Å². The van der Waals surface area contributed by atoms with Gasteiger partial charge in [-0.05, 0) is 32.5 Å². The molecular formula is C16H27FN2. The van der Waals surface area contributed by atoms with Gasteiger partial charge in [-0.1, -0.05) is 45.4 Å². The Morgan fingerprint density at radius 2 is 1.79 bits per heavy atom. The van der Waals surface area contributed by atoms with E-state index in [-0.39, 0.29) is 11.9 Å². The molecule has 0 radical (unpaired) electrons. The Bertz CT molecular complexity index is 386. The van der Waals surface area contributed by atoms with E-state index in [1.165, 1.54) is 6.07 Å². The zero-order valence-electron chi connectivity index (χ0n) is 12.6. The third-order valence-electron chi connectivity index (χ3n) is 3.96. The van der Waals surface area contributed by atoms with Crippen molar-refractivity contribution in [3.8, 4) is 0 Å². The van der Waals surface area contributed by atoms with Crippen molar-refractivity contribution in [1.29, 1.82) is 0 Å². The standard InChI is InChI=1S/C16H27FN2/c1-5-10-15(19(6-2)7-3)16(4,18)13-11-8-9-12-14(13)17/h8-9,11-12,15H,5-7,10,18H2,1-4H3. The fourth-order valence-corrected chi connectivity index (χ4v) is 2.88. The number of nitrogens with zero attached hydrogens (tertiary/aromatic N) is 1. The molecule has 1 aromatic carbocycles. The fraction of sp³-hybridized carbons (Fsp3) is 0.625. The lowest BCUT2D eigenvalue weighted by molar-refractivity contribution is 0.127. The second-order valence-corrected chi connectivity index (χ2v) is 5.29. The minimum Gasteiger partial charge on any atom is -0.320 e. The molecule has 0 aromatic heterocycles. The molecule has 0 aliphatic heterocycles. The number of hydrogen-bond donors (Lipinski definition) is 1. The average molecular weight is 266 g/mol. The molecule has 2 nitrogen and oxygen atoms in total. The van der Waals surface area contributed by atoms with Crippen LogP contribution in [0.1, 0.15) is 46.1 Å². The molecule has 0 saturated carbocycles. The number of rotatable bonds is 7. The maximum Gasteiger partial charge on any atom is 0.128 e. The van der Waals surface area contributed by atoms with Crippen LogP contribution in [0.5, 0.6) is 0 Å². The summed E-state index contributed by atoms with van der Waals surface area (Å²) < 4.78 is 14.1. The minimum atomic E-state index is -0.673. The van der Waals surface area contributed by atoms with Crippen molar-refractivity contribution in [2.45, 2.75) is 52.1 Å². The molecule has 2 N–H and O–H groups in total. The van der Waals surface area contributed by atoms with Crippen molar-refractivity contribution >= 4 is 0 Å². The largest absolute Gasteiger partial charge is 0.320 e. The van der Waals surface area contributed by atoms with Gasteiger partial charge in [-0.15, -0.1) is 0 Å². The zero-order valence-corrected chi connectivity index (χ0v) is 12.6. The van der Waals surface area contributed by atoms with Gasteiger partial charge in [0, 0.05) is 11.6 Å². The van der Waals surface area contributed by atoms with Crippen LogP contribution in [0.3, 0.4) is 0 Å². The maximum atomic E-state index is 14.1. The molecular weight excluding hydrogens is 239 g/mol. The summed E-state index contributed by atoms with van der Waals surface area (Å²) >= 11 is 0. The Morgan fingerprint density at radius 1 is 1.21 bits per heavy atom. The van der Waals surface area contributed by atoms with Crippen LogP contribution in [0.25, 0.3) is 0 Å². The van der Waals surface area contributed by atoms with Crippen molar-refractivity contribution in [1.82, 2.24) is 4.90 Å². The number of nitrogens with two attached hydrogens (primary N) is 1. The normalized spacial score (nSPS) is 16.4. The quantitative estimate of drug-likeness (QED) is 0.818. The Hall–Kier alpha value is -0.930. The summed E-state index contributed by atoms with van der Waals surface area (Å²) in [5, 5.41) is 0. The number of halogens is 1. The van der Waals surface area contributed by atoms with Crippen LogP contribution in [-0.2, 0) is 5.54 Å². The highest BCUT2D eigenvalue weighted by Gasteiger charge is 2.36. The monoisotopic (exact) mass is 266 g/mol. The molecule has 108 valence electrons. The maximum absolute atomic E-state index is 14.1. The van der Waals surface area contributed by atoms with Gasteiger partial charge < -0.3 is 5.73 Å². The third-order valence-corrected chi connectivity index (χ3v) is 3.96. The first-order valence-electron chi connectivity index (χ1n) is 7.26. The Labute approximate surface area is 116 Å². The van der Waals surface area contributed by atoms with Gasteiger partial charge in [0.2, 0.25) is 0 Å². The molecule has 1 aromatic rings. The van der Waals surface area contributed by atoms with E-state index in [1.807, 2.05) is 19.1 Å². The molecule has 0 aliphatic rings. The van der Waals surface area contributed by atoms with Crippen molar-refractivity contribution in [2.75, 3.05) is 13.1 Å². The fourth-order valence-electron chi connectivity index (χ4n) is 2.88. The van der Waals surface area contributed by atoms with E-state index in [0.717, 1.165) is 25.9 Å². The van der Waals surface area contributed by atoms with Crippen molar-refractivity contribution < 1.29 is 4.39 Å². The molecule has 0 spiro atoms. The predicted octanol–water partition coefficient (Wildman–Crippen LogP) is 3.51. The van der Waals surface area contributed by atoms with E-state index < -0.39 is 5.54 Å². The SMILES string of the molecule is CCCC(N(CC)CC)C(C)(N)c1ccccc1F. The van der Waals surface area contributed by atoms with Crippen LogP contribution in [0, 0.1) is 5.82 Å². The first-order chi connectivity index (χ1) is 8.98. The lowest BCUT2D eigenvalue weighted by Crippen LogP contribution is -2.54. The number of benzene rings is 1. The molecule has 0 aliphatic carbocycles. The third kappa shape index (κ3) is 3.54. The van der Waals surface area contributed by atoms with Gasteiger partial charge >= 0.3 is 0 Å². The Morgan fingerprint density at radius 3 is 2.26 bits per heavy atom. The van der Waals surface area contributed by atoms with Crippen LogP contribution in [0.2, 0.25) is 0 Å². The van der Waals surface area contributed by atoms with Crippen LogP contribution < -0.4 is 5.73 Å². The highest BCUT2D eigenvalue weighted by Crippen LogP contribution is 2.30. The summed E-state index contributed by atoms with van der Waals surface area (Å²) in [6, 6.07) is 7.02. The number of likely N-dealkylation sites (N-methyl/N-ethyl adjacent to an activating group) is 1. The van der Waals surface area contributed by atoms with Gasteiger partial charge in [-0.2, -0.15) is 0 Å². The van der Waals surface area contributed by atoms with Crippen LogP contribution in [0.15, 0.2) is 24.3 Å². The summed E-state index contributed by atoms with van der Waals surface area (Å²) in [6.07, 6.45) is 2.02. The summed E-state index contributed by atoms with van der Waals surface area (Å²) in [5.74, 6) is -0.208. The molecule has 19 heavy (non-hydrogen) atoms. The highest BCUT2D eigenvalue weighted by molar-refractivity contribution is 5.27. The molecule has 2 atom stereocenters. The Balaban J connectivity index is 3.15. The summed E-state index contributed by atoms with van der Waals surface area (Å²) in [5.41, 5.74) is 6.48. The zero-order chi connectivity index (χ0) is 14.5. The minimum absolute atomic E-state index is 0.157. The lowest BCUT2D eigenvalue weighted by atomic mass is 9.82. The first-order valence-corrected chi connectivity index (χ1v) is 7.26. The van der Waals surface area contributed by atoms with Gasteiger partial charge in [-0.25, -0.2) is 4.39 Å². The summed E-state index contributed by atoms with van der Waals surface area (Å²) in [4.78, 5) is 2.33. The first kappa shape index (κ1) is 16.1. The van der Waals surface area contributed by atoms with E-state index in [0.29, 0.717) is 5.56 Å². The van der Waals surface area contributed by atoms with Gasteiger partial charge in [0.1, 0.15) is 5.82 Å². The summed E-state index contributed by atoms with van der Waals surface area (Å²) in [7, 11) is 0. The average Bonchev–Trinajstić information content (AvgIpc) is 2.39. The van der Waals surface area contributed by atoms with Gasteiger partial charge in [0.25, 0.3) is 0 Å².